The van der Waals surface area contributed by atoms with E-state index in [1.807, 2.05) is 47.4 Å². The third-order valence-corrected chi connectivity index (χ3v) is 5.71. The quantitative estimate of drug-likeness (QED) is 0.693. The zero-order valence-corrected chi connectivity index (χ0v) is 16.4. The molecule has 0 spiro atoms. The lowest BCUT2D eigenvalue weighted by molar-refractivity contribution is -0.131. The first kappa shape index (κ1) is 18.9. The number of thioether (sulfide) groups is 1. The molecular formula is C20H23ClN2O2S. The lowest BCUT2D eigenvalue weighted by Crippen LogP contribution is -2.48. The predicted molar refractivity (Wildman–Crippen MR) is 109 cm³/mol. The Bertz CT molecular complexity index is 731. The molecule has 0 radical (unpaired) electrons. The van der Waals surface area contributed by atoms with Crippen LogP contribution >= 0.6 is 23.4 Å². The lowest BCUT2D eigenvalue weighted by atomic mass is 10.2. The molecule has 1 saturated heterocycles. The van der Waals surface area contributed by atoms with E-state index < -0.39 is 0 Å². The van der Waals surface area contributed by atoms with Gasteiger partial charge in [0.1, 0.15) is 5.75 Å². The van der Waals surface area contributed by atoms with E-state index in [1.165, 1.54) is 0 Å². The fourth-order valence-electron chi connectivity index (χ4n) is 2.97. The molecule has 0 N–H and O–H groups in total. The third-order valence-electron chi connectivity index (χ3n) is 4.45. The molecule has 0 bridgehead atoms. The Labute approximate surface area is 164 Å². The van der Waals surface area contributed by atoms with Crippen LogP contribution in [0, 0.1) is 0 Å². The maximum absolute atomic E-state index is 12.4. The van der Waals surface area contributed by atoms with Crippen LogP contribution in [0.4, 0.5) is 5.69 Å². The number of nitrogens with zero attached hydrogens (tertiary/aromatic N) is 2. The van der Waals surface area contributed by atoms with Gasteiger partial charge >= 0.3 is 0 Å². The first-order valence-electron chi connectivity index (χ1n) is 8.71. The minimum atomic E-state index is 0.233. The molecule has 2 aromatic rings. The number of benzene rings is 2. The Morgan fingerprint density at radius 2 is 1.85 bits per heavy atom. The highest BCUT2D eigenvalue weighted by Crippen LogP contribution is 2.23. The van der Waals surface area contributed by atoms with Crippen LogP contribution in [0.2, 0.25) is 5.02 Å². The van der Waals surface area contributed by atoms with Crippen molar-refractivity contribution in [3.63, 3.8) is 0 Å². The van der Waals surface area contributed by atoms with Crippen molar-refractivity contribution in [2.24, 2.45) is 0 Å². The summed E-state index contributed by atoms with van der Waals surface area (Å²) in [7, 11) is 1.68. The smallest absolute Gasteiger partial charge is 0.223 e. The summed E-state index contributed by atoms with van der Waals surface area (Å²) >= 11 is 7.58. The van der Waals surface area contributed by atoms with E-state index in [9.17, 15) is 4.79 Å². The Morgan fingerprint density at radius 1 is 1.12 bits per heavy atom. The molecule has 1 heterocycles. The van der Waals surface area contributed by atoms with Crippen molar-refractivity contribution in [1.29, 1.82) is 0 Å². The fraction of sp³-hybridized carbons (Fsp3) is 0.350. The van der Waals surface area contributed by atoms with Crippen LogP contribution in [0.1, 0.15) is 6.42 Å². The molecule has 4 nitrogen and oxygen atoms in total. The molecule has 138 valence electrons. The van der Waals surface area contributed by atoms with Crippen molar-refractivity contribution >= 4 is 35.0 Å². The first-order chi connectivity index (χ1) is 12.7. The molecular weight excluding hydrogens is 368 g/mol. The van der Waals surface area contributed by atoms with Gasteiger partial charge in [-0.1, -0.05) is 17.7 Å². The van der Waals surface area contributed by atoms with Crippen LogP contribution in [-0.4, -0.2) is 49.8 Å². The molecule has 0 unspecified atom stereocenters. The van der Waals surface area contributed by atoms with E-state index in [0.29, 0.717) is 6.42 Å². The first-order valence-corrected chi connectivity index (χ1v) is 10.1. The molecule has 0 aromatic heterocycles. The molecule has 3 rings (SSSR count). The molecule has 26 heavy (non-hydrogen) atoms. The summed E-state index contributed by atoms with van der Waals surface area (Å²) < 4.78 is 5.29. The third kappa shape index (κ3) is 5.08. The van der Waals surface area contributed by atoms with Crippen molar-refractivity contribution in [3.8, 4) is 5.75 Å². The average molecular weight is 391 g/mol. The number of carbonyl (C=O) groups is 1. The van der Waals surface area contributed by atoms with Gasteiger partial charge in [0.15, 0.2) is 0 Å². The van der Waals surface area contributed by atoms with Gasteiger partial charge in [0.05, 0.1) is 7.11 Å². The van der Waals surface area contributed by atoms with Gasteiger partial charge in [0.25, 0.3) is 0 Å². The van der Waals surface area contributed by atoms with Crippen LogP contribution in [0.25, 0.3) is 0 Å². The van der Waals surface area contributed by atoms with Crippen LogP contribution in [0.3, 0.4) is 0 Å². The molecule has 0 atom stereocenters. The second-order valence-corrected chi connectivity index (χ2v) is 7.73. The highest BCUT2D eigenvalue weighted by Gasteiger charge is 2.21. The van der Waals surface area contributed by atoms with Crippen molar-refractivity contribution in [1.82, 2.24) is 4.90 Å². The number of amides is 1. The van der Waals surface area contributed by atoms with Gasteiger partial charge in [-0.05, 0) is 36.4 Å². The molecule has 1 aliphatic rings. The molecule has 0 saturated carbocycles. The second kappa shape index (κ2) is 9.19. The number of rotatable bonds is 6. The van der Waals surface area contributed by atoms with Gasteiger partial charge in [-0.15, -0.1) is 11.8 Å². The molecule has 1 amide bonds. The van der Waals surface area contributed by atoms with Gasteiger partial charge in [0.2, 0.25) is 5.91 Å². The van der Waals surface area contributed by atoms with Gasteiger partial charge in [0, 0.05) is 60.0 Å². The van der Waals surface area contributed by atoms with E-state index in [2.05, 4.69) is 11.0 Å². The number of hydrogen-bond donors (Lipinski definition) is 0. The van der Waals surface area contributed by atoms with E-state index in [4.69, 9.17) is 16.3 Å². The van der Waals surface area contributed by atoms with E-state index in [-0.39, 0.29) is 5.91 Å². The minimum absolute atomic E-state index is 0.233. The number of hydrogen-bond acceptors (Lipinski definition) is 4. The van der Waals surface area contributed by atoms with Crippen molar-refractivity contribution in [2.45, 2.75) is 11.3 Å². The van der Waals surface area contributed by atoms with Crippen molar-refractivity contribution in [2.75, 3.05) is 43.9 Å². The van der Waals surface area contributed by atoms with E-state index in [0.717, 1.165) is 53.3 Å². The maximum atomic E-state index is 12.4. The van der Waals surface area contributed by atoms with Gasteiger partial charge in [-0.25, -0.2) is 0 Å². The van der Waals surface area contributed by atoms with Crippen LogP contribution in [0.5, 0.6) is 5.75 Å². The van der Waals surface area contributed by atoms with Gasteiger partial charge in [-0.2, -0.15) is 0 Å². The summed E-state index contributed by atoms with van der Waals surface area (Å²) in [4.78, 5) is 17.9. The predicted octanol–water partition coefficient (Wildman–Crippen LogP) is 4.18. The zero-order valence-electron chi connectivity index (χ0n) is 14.9. The van der Waals surface area contributed by atoms with Crippen LogP contribution < -0.4 is 9.64 Å². The van der Waals surface area contributed by atoms with Crippen molar-refractivity contribution in [3.05, 3.63) is 53.6 Å². The summed E-state index contributed by atoms with van der Waals surface area (Å²) in [6.07, 6.45) is 0.562. The number of carbonyl (C=O) groups excluding carboxylic acids is 1. The SMILES string of the molecule is COc1cccc(N2CCN(C(=O)CCSc3ccc(Cl)cc3)CC2)c1. The minimum Gasteiger partial charge on any atom is -0.497 e. The monoisotopic (exact) mass is 390 g/mol. The second-order valence-electron chi connectivity index (χ2n) is 6.12. The van der Waals surface area contributed by atoms with Crippen molar-refractivity contribution < 1.29 is 9.53 Å². The molecule has 6 heteroatoms. The Morgan fingerprint density at radius 3 is 2.54 bits per heavy atom. The summed E-state index contributed by atoms with van der Waals surface area (Å²) in [6.45, 7) is 3.23. The summed E-state index contributed by atoms with van der Waals surface area (Å²) in [5.41, 5.74) is 1.15. The van der Waals surface area contributed by atoms with Crippen LogP contribution in [0.15, 0.2) is 53.4 Å². The molecule has 1 fully saturated rings. The lowest BCUT2D eigenvalue weighted by Gasteiger charge is -2.36. The number of halogens is 1. The zero-order chi connectivity index (χ0) is 18.4. The van der Waals surface area contributed by atoms with Gasteiger partial charge in [-0.3, -0.25) is 4.79 Å². The number of anilines is 1. The maximum Gasteiger partial charge on any atom is 0.223 e. The Hall–Kier alpha value is -1.85. The summed E-state index contributed by atoms with van der Waals surface area (Å²) in [6, 6.07) is 15.8. The van der Waals surface area contributed by atoms with Crippen LogP contribution in [-0.2, 0) is 4.79 Å². The Kier molecular flexibility index (Phi) is 6.69. The molecule has 0 aliphatic carbocycles. The number of piperazine rings is 1. The van der Waals surface area contributed by atoms with Gasteiger partial charge < -0.3 is 14.5 Å². The Balaban J connectivity index is 1.43. The fourth-order valence-corrected chi connectivity index (χ4v) is 3.93. The highest BCUT2D eigenvalue weighted by molar-refractivity contribution is 7.99. The number of ether oxygens (including phenoxy) is 1. The molecule has 2 aromatic carbocycles. The standard InChI is InChI=1S/C20H23ClN2O2S/c1-25-18-4-2-3-17(15-18)22-10-12-23(13-11-22)20(24)9-14-26-19-7-5-16(21)6-8-19/h2-8,15H,9-14H2,1H3. The largest absolute Gasteiger partial charge is 0.497 e. The topological polar surface area (TPSA) is 32.8 Å². The van der Waals surface area contributed by atoms with E-state index in [1.54, 1.807) is 18.9 Å². The summed E-state index contributed by atoms with van der Waals surface area (Å²) in [5.74, 6) is 1.88. The molecule has 1 aliphatic heterocycles. The number of methoxy groups -OCH3 is 1. The highest BCUT2D eigenvalue weighted by atomic mass is 35.5. The van der Waals surface area contributed by atoms with E-state index >= 15 is 0 Å². The summed E-state index contributed by atoms with van der Waals surface area (Å²) in [5, 5.41) is 0.735. The normalized spacial score (nSPS) is 14.4. The average Bonchev–Trinajstić information content (AvgIpc) is 2.69.